The first-order valence-corrected chi connectivity index (χ1v) is 8.00. The Kier molecular flexibility index (Phi) is 5.03. The summed E-state index contributed by atoms with van der Waals surface area (Å²) in [4.78, 5) is 2.64. The molecule has 3 rings (SSSR count). The lowest BCUT2D eigenvalue weighted by Crippen LogP contribution is -2.37. The second kappa shape index (κ2) is 7.39. The van der Waals surface area contributed by atoms with Crippen molar-refractivity contribution in [1.29, 1.82) is 0 Å². The minimum absolute atomic E-state index is 0.380. The summed E-state index contributed by atoms with van der Waals surface area (Å²) >= 11 is 0. The highest BCUT2D eigenvalue weighted by atomic mass is 15.2. The molecular weight excluding hydrogens is 256 g/mol. The van der Waals surface area contributed by atoms with E-state index >= 15 is 0 Å². The van der Waals surface area contributed by atoms with Gasteiger partial charge in [0.25, 0.3) is 0 Å². The fraction of sp³-hybridized carbons (Fsp3) is 0.368. The van der Waals surface area contributed by atoms with Crippen LogP contribution >= 0.6 is 0 Å². The van der Waals surface area contributed by atoms with Gasteiger partial charge < -0.3 is 5.32 Å². The number of rotatable bonds is 3. The van der Waals surface area contributed by atoms with Crippen LogP contribution in [-0.4, -0.2) is 31.1 Å². The van der Waals surface area contributed by atoms with Crippen LogP contribution in [0, 0.1) is 0 Å². The van der Waals surface area contributed by atoms with Crippen molar-refractivity contribution in [3.05, 3.63) is 71.8 Å². The molecule has 2 heteroatoms. The normalized spacial score (nSPS) is 17.4. The Morgan fingerprint density at radius 3 is 1.67 bits per heavy atom. The maximum atomic E-state index is 3.50. The zero-order valence-corrected chi connectivity index (χ0v) is 12.5. The van der Waals surface area contributed by atoms with E-state index in [-0.39, 0.29) is 0 Å². The topological polar surface area (TPSA) is 15.3 Å². The third-order valence-corrected chi connectivity index (χ3v) is 4.19. The minimum atomic E-state index is 0.380. The van der Waals surface area contributed by atoms with Gasteiger partial charge in [0.2, 0.25) is 0 Å². The van der Waals surface area contributed by atoms with E-state index < -0.39 is 0 Å². The van der Waals surface area contributed by atoms with Gasteiger partial charge in [-0.2, -0.15) is 0 Å². The SMILES string of the molecule is c1ccc(C(c2ccccc2)N2CCCNCCC2)cc1. The fourth-order valence-corrected chi connectivity index (χ4v) is 3.19. The maximum absolute atomic E-state index is 3.50. The molecule has 0 bridgehead atoms. The summed E-state index contributed by atoms with van der Waals surface area (Å²) in [6.07, 6.45) is 2.44. The van der Waals surface area contributed by atoms with Crippen LogP contribution in [0.3, 0.4) is 0 Å². The van der Waals surface area contributed by atoms with Gasteiger partial charge in [-0.15, -0.1) is 0 Å². The van der Waals surface area contributed by atoms with Gasteiger partial charge in [0.1, 0.15) is 0 Å². The Labute approximate surface area is 127 Å². The van der Waals surface area contributed by atoms with E-state index in [1.54, 1.807) is 0 Å². The molecule has 2 nitrogen and oxygen atoms in total. The summed E-state index contributed by atoms with van der Waals surface area (Å²) in [5.41, 5.74) is 2.80. The molecule has 1 saturated heterocycles. The zero-order valence-electron chi connectivity index (χ0n) is 12.5. The number of hydrogen-bond donors (Lipinski definition) is 1. The lowest BCUT2D eigenvalue weighted by atomic mass is 9.96. The predicted octanol–water partition coefficient (Wildman–Crippen LogP) is 3.46. The highest BCUT2D eigenvalue weighted by molar-refractivity contribution is 5.31. The molecule has 0 saturated carbocycles. The number of hydrogen-bond acceptors (Lipinski definition) is 2. The van der Waals surface area contributed by atoms with Crippen LogP contribution in [0.2, 0.25) is 0 Å². The van der Waals surface area contributed by atoms with Crippen molar-refractivity contribution in [2.45, 2.75) is 18.9 Å². The largest absolute Gasteiger partial charge is 0.317 e. The lowest BCUT2D eigenvalue weighted by molar-refractivity contribution is 0.209. The second-order valence-corrected chi connectivity index (χ2v) is 5.72. The molecule has 0 amide bonds. The molecule has 0 aliphatic carbocycles. The quantitative estimate of drug-likeness (QED) is 0.926. The van der Waals surface area contributed by atoms with Gasteiger partial charge in [-0.1, -0.05) is 60.7 Å². The van der Waals surface area contributed by atoms with Gasteiger partial charge in [-0.05, 0) is 37.1 Å². The van der Waals surface area contributed by atoms with Crippen molar-refractivity contribution in [1.82, 2.24) is 10.2 Å². The first-order chi connectivity index (χ1) is 10.4. The van der Waals surface area contributed by atoms with Crippen molar-refractivity contribution >= 4 is 0 Å². The van der Waals surface area contributed by atoms with Crippen LogP contribution in [-0.2, 0) is 0 Å². The molecule has 0 aromatic heterocycles. The van der Waals surface area contributed by atoms with Crippen molar-refractivity contribution in [3.63, 3.8) is 0 Å². The molecule has 21 heavy (non-hydrogen) atoms. The summed E-state index contributed by atoms with van der Waals surface area (Å²) < 4.78 is 0. The van der Waals surface area contributed by atoms with Gasteiger partial charge in [-0.25, -0.2) is 0 Å². The summed E-state index contributed by atoms with van der Waals surface area (Å²) in [6.45, 7) is 4.57. The third-order valence-electron chi connectivity index (χ3n) is 4.19. The van der Waals surface area contributed by atoms with Crippen LogP contribution in [0.25, 0.3) is 0 Å². The van der Waals surface area contributed by atoms with Gasteiger partial charge in [0.15, 0.2) is 0 Å². The highest BCUT2D eigenvalue weighted by Gasteiger charge is 2.22. The molecule has 2 aromatic rings. The van der Waals surface area contributed by atoms with Crippen LogP contribution in [0.4, 0.5) is 0 Å². The van der Waals surface area contributed by atoms with Crippen LogP contribution < -0.4 is 5.32 Å². The van der Waals surface area contributed by atoms with Crippen LogP contribution in [0.5, 0.6) is 0 Å². The van der Waals surface area contributed by atoms with E-state index in [2.05, 4.69) is 70.9 Å². The van der Waals surface area contributed by atoms with Crippen molar-refractivity contribution in [2.24, 2.45) is 0 Å². The van der Waals surface area contributed by atoms with Crippen LogP contribution in [0.15, 0.2) is 60.7 Å². The van der Waals surface area contributed by atoms with Crippen LogP contribution in [0.1, 0.15) is 30.0 Å². The Hall–Kier alpha value is -1.64. The van der Waals surface area contributed by atoms with Gasteiger partial charge in [0, 0.05) is 13.1 Å². The molecule has 1 N–H and O–H groups in total. The number of nitrogens with one attached hydrogen (secondary N) is 1. The summed E-state index contributed by atoms with van der Waals surface area (Å²) in [7, 11) is 0. The van der Waals surface area contributed by atoms with E-state index in [1.165, 1.54) is 24.0 Å². The van der Waals surface area contributed by atoms with E-state index in [0.717, 1.165) is 26.2 Å². The van der Waals surface area contributed by atoms with Crippen molar-refractivity contribution in [3.8, 4) is 0 Å². The Balaban J connectivity index is 1.91. The number of benzene rings is 2. The average molecular weight is 280 g/mol. The average Bonchev–Trinajstić information content (AvgIpc) is 2.52. The third kappa shape index (κ3) is 3.72. The second-order valence-electron chi connectivity index (χ2n) is 5.72. The molecule has 2 aromatic carbocycles. The molecule has 0 unspecified atom stereocenters. The van der Waals surface area contributed by atoms with E-state index in [9.17, 15) is 0 Å². The Morgan fingerprint density at radius 2 is 1.19 bits per heavy atom. The molecular formula is C19H24N2. The predicted molar refractivity (Wildman–Crippen MR) is 88.4 cm³/mol. The van der Waals surface area contributed by atoms with Crippen molar-refractivity contribution < 1.29 is 0 Å². The first-order valence-electron chi connectivity index (χ1n) is 8.00. The highest BCUT2D eigenvalue weighted by Crippen LogP contribution is 2.29. The molecule has 1 heterocycles. The molecule has 0 atom stereocenters. The molecule has 0 spiro atoms. The maximum Gasteiger partial charge on any atom is 0.0601 e. The fourth-order valence-electron chi connectivity index (χ4n) is 3.19. The molecule has 1 fully saturated rings. The summed E-state index contributed by atoms with van der Waals surface area (Å²) in [6, 6.07) is 22.2. The van der Waals surface area contributed by atoms with Crippen molar-refractivity contribution in [2.75, 3.05) is 26.2 Å². The molecule has 0 radical (unpaired) electrons. The first kappa shape index (κ1) is 14.3. The van der Waals surface area contributed by atoms with E-state index in [4.69, 9.17) is 0 Å². The number of nitrogens with zero attached hydrogens (tertiary/aromatic N) is 1. The lowest BCUT2D eigenvalue weighted by Gasteiger charge is -2.34. The smallest absolute Gasteiger partial charge is 0.0601 e. The summed E-state index contributed by atoms with van der Waals surface area (Å²) in [5, 5.41) is 3.50. The minimum Gasteiger partial charge on any atom is -0.317 e. The van der Waals surface area contributed by atoms with E-state index in [1.807, 2.05) is 0 Å². The zero-order chi connectivity index (χ0) is 14.3. The molecule has 1 aliphatic rings. The van der Waals surface area contributed by atoms with Gasteiger partial charge in [0.05, 0.1) is 6.04 Å². The molecule has 1 aliphatic heterocycles. The standard InChI is InChI=1S/C19H24N2/c1-3-9-17(10-4-1)19(18-11-5-2-6-12-18)21-15-7-13-20-14-8-16-21/h1-6,9-12,19-20H,7-8,13-16H2. The monoisotopic (exact) mass is 280 g/mol. The van der Waals surface area contributed by atoms with Gasteiger partial charge >= 0.3 is 0 Å². The van der Waals surface area contributed by atoms with E-state index in [0.29, 0.717) is 6.04 Å². The molecule has 110 valence electrons. The summed E-state index contributed by atoms with van der Waals surface area (Å²) in [5.74, 6) is 0. The Bertz CT molecular complexity index is 476. The van der Waals surface area contributed by atoms with Gasteiger partial charge in [-0.3, -0.25) is 4.90 Å². The Morgan fingerprint density at radius 1 is 0.714 bits per heavy atom.